The zero-order valence-corrected chi connectivity index (χ0v) is 10.5. The molecule has 0 atom stereocenters. The maximum absolute atomic E-state index is 6.08. The normalized spacial score (nSPS) is 17.3. The molecule has 0 unspecified atom stereocenters. The number of rotatable bonds is 2. The number of nitrogens with zero attached hydrogens (tertiary/aromatic N) is 4. The summed E-state index contributed by atoms with van der Waals surface area (Å²) in [5.74, 6) is 0.648. The van der Waals surface area contributed by atoms with Crippen LogP contribution in [0.25, 0.3) is 11.2 Å². The third kappa shape index (κ3) is 1.45. The Morgan fingerprint density at radius 3 is 2.71 bits per heavy atom. The van der Waals surface area contributed by atoms with E-state index in [9.17, 15) is 0 Å². The molecule has 2 aromatic rings. The standard InChI is InChI=1S/C12H19N5/c1-3-9-10-11(16(2)15-9)17(12(13)14-10)8-6-4-5-7-8/h8H,3-7H2,1-2H3,(H2,13,14). The molecule has 1 aliphatic carbocycles. The maximum atomic E-state index is 6.08. The van der Waals surface area contributed by atoms with Crippen molar-refractivity contribution in [2.24, 2.45) is 7.05 Å². The summed E-state index contributed by atoms with van der Waals surface area (Å²) < 4.78 is 4.12. The minimum Gasteiger partial charge on any atom is -0.369 e. The van der Waals surface area contributed by atoms with Gasteiger partial charge in [-0.05, 0) is 19.3 Å². The number of fused-ring (bicyclic) bond motifs is 1. The van der Waals surface area contributed by atoms with Crippen molar-refractivity contribution in [1.29, 1.82) is 0 Å². The molecule has 0 aliphatic heterocycles. The molecule has 3 rings (SSSR count). The van der Waals surface area contributed by atoms with Crippen molar-refractivity contribution in [3.63, 3.8) is 0 Å². The van der Waals surface area contributed by atoms with Gasteiger partial charge in [0.25, 0.3) is 0 Å². The summed E-state index contributed by atoms with van der Waals surface area (Å²) in [4.78, 5) is 4.51. The molecule has 0 amide bonds. The van der Waals surface area contributed by atoms with Gasteiger partial charge in [0.15, 0.2) is 5.65 Å². The molecule has 5 nitrogen and oxygen atoms in total. The molecule has 2 N–H and O–H groups in total. The lowest BCUT2D eigenvalue weighted by molar-refractivity contribution is 0.527. The molecule has 0 bridgehead atoms. The second-order valence-corrected chi connectivity index (χ2v) is 4.87. The lowest BCUT2D eigenvalue weighted by Gasteiger charge is -2.13. The van der Waals surface area contributed by atoms with E-state index in [1.807, 2.05) is 11.7 Å². The summed E-state index contributed by atoms with van der Waals surface area (Å²) in [6.07, 6.45) is 5.91. The first-order chi connectivity index (χ1) is 8.22. The summed E-state index contributed by atoms with van der Waals surface area (Å²) in [6, 6.07) is 0.514. The van der Waals surface area contributed by atoms with Crippen LogP contribution in [0.3, 0.4) is 0 Å². The van der Waals surface area contributed by atoms with E-state index in [1.165, 1.54) is 25.7 Å². The highest BCUT2D eigenvalue weighted by Crippen LogP contribution is 2.34. The lowest BCUT2D eigenvalue weighted by atomic mass is 10.2. The van der Waals surface area contributed by atoms with Gasteiger partial charge in [0.05, 0.1) is 5.69 Å². The molecular formula is C12H19N5. The number of anilines is 1. The van der Waals surface area contributed by atoms with E-state index >= 15 is 0 Å². The number of imidazole rings is 1. The highest BCUT2D eigenvalue weighted by Gasteiger charge is 2.24. The number of hydrogen-bond donors (Lipinski definition) is 1. The van der Waals surface area contributed by atoms with Crippen molar-refractivity contribution in [2.45, 2.75) is 45.1 Å². The molecule has 1 aliphatic rings. The Labute approximate surface area is 101 Å². The minimum absolute atomic E-state index is 0.514. The number of hydrogen-bond acceptors (Lipinski definition) is 3. The van der Waals surface area contributed by atoms with Gasteiger partial charge >= 0.3 is 0 Å². The van der Waals surface area contributed by atoms with Gasteiger partial charge in [0.1, 0.15) is 5.52 Å². The van der Waals surface area contributed by atoms with Crippen molar-refractivity contribution >= 4 is 17.1 Å². The largest absolute Gasteiger partial charge is 0.369 e. The molecule has 1 saturated carbocycles. The molecule has 1 fully saturated rings. The fraction of sp³-hybridized carbons (Fsp3) is 0.667. The van der Waals surface area contributed by atoms with Crippen LogP contribution >= 0.6 is 0 Å². The Hall–Kier alpha value is -1.52. The van der Waals surface area contributed by atoms with Gasteiger partial charge < -0.3 is 5.73 Å². The Bertz CT molecular complexity index is 545. The summed E-state index contributed by atoms with van der Waals surface area (Å²) in [5.41, 5.74) is 9.20. The summed E-state index contributed by atoms with van der Waals surface area (Å²) >= 11 is 0. The van der Waals surface area contributed by atoms with Crippen LogP contribution in [-0.2, 0) is 13.5 Å². The van der Waals surface area contributed by atoms with Crippen LogP contribution in [-0.4, -0.2) is 19.3 Å². The number of aromatic nitrogens is 4. The fourth-order valence-electron chi connectivity index (χ4n) is 2.98. The van der Waals surface area contributed by atoms with E-state index in [-0.39, 0.29) is 0 Å². The van der Waals surface area contributed by atoms with Crippen LogP contribution < -0.4 is 5.73 Å². The molecule has 0 radical (unpaired) electrons. The first-order valence-corrected chi connectivity index (χ1v) is 6.41. The fourth-order valence-corrected chi connectivity index (χ4v) is 2.98. The highest BCUT2D eigenvalue weighted by molar-refractivity contribution is 5.78. The number of nitrogen functional groups attached to an aromatic ring is 1. The Morgan fingerprint density at radius 2 is 2.06 bits per heavy atom. The van der Waals surface area contributed by atoms with Crippen LogP contribution in [0.1, 0.15) is 44.3 Å². The van der Waals surface area contributed by atoms with Crippen molar-refractivity contribution in [1.82, 2.24) is 19.3 Å². The quantitative estimate of drug-likeness (QED) is 0.863. The Kier molecular flexibility index (Phi) is 2.34. The molecule has 92 valence electrons. The maximum Gasteiger partial charge on any atom is 0.202 e. The topological polar surface area (TPSA) is 61.7 Å². The summed E-state index contributed by atoms with van der Waals surface area (Å²) in [7, 11) is 1.98. The zero-order chi connectivity index (χ0) is 12.0. The molecule has 0 saturated heterocycles. The Morgan fingerprint density at radius 1 is 1.35 bits per heavy atom. The third-order valence-electron chi connectivity index (χ3n) is 3.79. The van der Waals surface area contributed by atoms with Crippen LogP contribution in [0.5, 0.6) is 0 Å². The summed E-state index contributed by atoms with van der Waals surface area (Å²) in [5, 5.41) is 4.52. The number of nitrogens with two attached hydrogens (primary N) is 1. The van der Waals surface area contributed by atoms with E-state index in [0.717, 1.165) is 23.3 Å². The van der Waals surface area contributed by atoms with Gasteiger partial charge in [-0.15, -0.1) is 0 Å². The Balaban J connectivity index is 2.22. The highest BCUT2D eigenvalue weighted by atomic mass is 15.4. The molecule has 2 aromatic heterocycles. The second-order valence-electron chi connectivity index (χ2n) is 4.87. The van der Waals surface area contributed by atoms with E-state index in [1.54, 1.807) is 0 Å². The van der Waals surface area contributed by atoms with Crippen LogP contribution in [0.2, 0.25) is 0 Å². The van der Waals surface area contributed by atoms with Crippen molar-refractivity contribution in [2.75, 3.05) is 5.73 Å². The van der Waals surface area contributed by atoms with E-state index in [0.29, 0.717) is 12.0 Å². The predicted octanol–water partition coefficient (Wildman–Crippen LogP) is 2.03. The van der Waals surface area contributed by atoms with Crippen molar-refractivity contribution in [3.05, 3.63) is 5.69 Å². The van der Waals surface area contributed by atoms with Crippen LogP contribution in [0.15, 0.2) is 0 Å². The van der Waals surface area contributed by atoms with Gasteiger partial charge in [-0.2, -0.15) is 5.10 Å². The minimum atomic E-state index is 0.514. The molecular weight excluding hydrogens is 214 g/mol. The molecule has 2 heterocycles. The van der Waals surface area contributed by atoms with Crippen LogP contribution in [0, 0.1) is 0 Å². The predicted molar refractivity (Wildman–Crippen MR) is 67.8 cm³/mol. The van der Waals surface area contributed by atoms with Gasteiger partial charge in [-0.1, -0.05) is 19.8 Å². The molecule has 5 heteroatoms. The lowest BCUT2D eigenvalue weighted by Crippen LogP contribution is -2.11. The van der Waals surface area contributed by atoms with E-state index in [2.05, 4.69) is 21.6 Å². The van der Waals surface area contributed by atoms with Gasteiger partial charge in [0.2, 0.25) is 5.95 Å². The van der Waals surface area contributed by atoms with Gasteiger partial charge in [0, 0.05) is 13.1 Å². The average molecular weight is 233 g/mol. The molecule has 0 spiro atoms. The SMILES string of the molecule is CCc1nn(C)c2c1nc(N)n2C1CCCC1. The third-order valence-corrected chi connectivity index (χ3v) is 3.79. The van der Waals surface area contributed by atoms with Gasteiger partial charge in [-0.25, -0.2) is 4.98 Å². The van der Waals surface area contributed by atoms with Gasteiger partial charge in [-0.3, -0.25) is 9.25 Å². The zero-order valence-electron chi connectivity index (χ0n) is 10.5. The smallest absolute Gasteiger partial charge is 0.202 e. The van der Waals surface area contributed by atoms with Crippen molar-refractivity contribution < 1.29 is 0 Å². The van der Waals surface area contributed by atoms with Crippen LogP contribution in [0.4, 0.5) is 5.95 Å². The molecule has 0 aromatic carbocycles. The van der Waals surface area contributed by atoms with E-state index in [4.69, 9.17) is 5.73 Å². The first-order valence-electron chi connectivity index (χ1n) is 6.41. The van der Waals surface area contributed by atoms with E-state index < -0.39 is 0 Å². The second kappa shape index (κ2) is 3.75. The first kappa shape index (κ1) is 10.6. The monoisotopic (exact) mass is 233 g/mol. The number of aryl methyl sites for hydroxylation is 2. The van der Waals surface area contributed by atoms with Crippen molar-refractivity contribution in [3.8, 4) is 0 Å². The summed E-state index contributed by atoms with van der Waals surface area (Å²) in [6.45, 7) is 2.10. The molecule has 17 heavy (non-hydrogen) atoms. The average Bonchev–Trinajstić information content (AvgIpc) is 2.96.